The second-order valence-electron chi connectivity index (χ2n) is 4.21. The minimum atomic E-state index is -0.175. The minimum absolute atomic E-state index is 0.175. The molecule has 1 N–H and O–H groups in total. The lowest BCUT2D eigenvalue weighted by Gasteiger charge is -2.17. The van der Waals surface area contributed by atoms with Crippen LogP contribution in [0.2, 0.25) is 5.02 Å². The Hall–Kier alpha value is -2.01. The van der Waals surface area contributed by atoms with E-state index in [1.165, 1.54) is 0 Å². The first-order chi connectivity index (χ1) is 8.56. The molecule has 0 spiro atoms. The number of carbonyl (C=O) groups excluding carboxylic acids is 1. The molecule has 0 unspecified atom stereocenters. The summed E-state index contributed by atoms with van der Waals surface area (Å²) in [6, 6.07) is 5.38. The zero-order valence-electron chi connectivity index (χ0n) is 9.94. The maximum Gasteiger partial charge on any atom is 0.261 e. The van der Waals surface area contributed by atoms with Gasteiger partial charge in [-0.3, -0.25) is 9.48 Å². The van der Waals surface area contributed by atoms with Crippen LogP contribution in [0.3, 0.4) is 0 Å². The number of fused-ring (bicyclic) bond motifs is 2. The molecule has 6 heteroatoms. The fraction of sp³-hybridized carbons (Fsp3) is 0.167. The quantitative estimate of drug-likeness (QED) is 0.793. The Morgan fingerprint density at radius 3 is 2.89 bits per heavy atom. The number of nitrogens with zero attached hydrogens (tertiary/aromatic N) is 3. The molecule has 1 aromatic carbocycles. The number of aryl methyl sites for hydroxylation is 1. The Morgan fingerprint density at radius 2 is 2.11 bits per heavy atom. The van der Waals surface area contributed by atoms with E-state index in [4.69, 9.17) is 11.6 Å². The molecule has 1 aliphatic rings. The van der Waals surface area contributed by atoms with Gasteiger partial charge in [0.1, 0.15) is 5.56 Å². The average molecular weight is 263 g/mol. The van der Waals surface area contributed by atoms with Gasteiger partial charge < -0.3 is 10.2 Å². The number of nitrogens with one attached hydrogen (secondary N) is 1. The third-order valence-corrected chi connectivity index (χ3v) is 3.17. The lowest BCUT2D eigenvalue weighted by atomic mass is 10.2. The molecular weight excluding hydrogens is 252 g/mol. The van der Waals surface area contributed by atoms with E-state index in [-0.39, 0.29) is 5.91 Å². The lowest BCUT2D eigenvalue weighted by molar-refractivity contribution is 0.102. The lowest BCUT2D eigenvalue weighted by Crippen LogP contribution is -2.11. The second kappa shape index (κ2) is 3.74. The summed E-state index contributed by atoms with van der Waals surface area (Å²) >= 11 is 5.95. The number of hydrogen-bond donors (Lipinski definition) is 1. The Balaban J connectivity index is 2.23. The van der Waals surface area contributed by atoms with Crippen LogP contribution < -0.4 is 10.2 Å². The number of anilines is 3. The van der Waals surface area contributed by atoms with Gasteiger partial charge in [0.25, 0.3) is 5.91 Å². The highest BCUT2D eigenvalue weighted by molar-refractivity contribution is 6.31. The first-order valence-electron chi connectivity index (χ1n) is 5.44. The second-order valence-corrected chi connectivity index (χ2v) is 4.65. The monoisotopic (exact) mass is 262 g/mol. The van der Waals surface area contributed by atoms with Gasteiger partial charge in [-0.1, -0.05) is 11.6 Å². The molecule has 0 radical (unpaired) electrons. The molecular formula is C12H11ClN4O. The highest BCUT2D eigenvalue weighted by atomic mass is 35.5. The van der Waals surface area contributed by atoms with Crippen molar-refractivity contribution in [3.05, 3.63) is 35.0 Å². The predicted molar refractivity (Wildman–Crippen MR) is 70.7 cm³/mol. The van der Waals surface area contributed by atoms with Crippen molar-refractivity contribution in [1.29, 1.82) is 0 Å². The predicted octanol–water partition coefficient (Wildman–Crippen LogP) is 2.41. The highest BCUT2D eigenvalue weighted by Gasteiger charge is 2.25. The van der Waals surface area contributed by atoms with Crippen LogP contribution in [-0.4, -0.2) is 22.7 Å². The van der Waals surface area contributed by atoms with Crippen molar-refractivity contribution in [3.8, 4) is 0 Å². The average Bonchev–Trinajstić information content (AvgIpc) is 2.67. The highest BCUT2D eigenvalue weighted by Crippen LogP contribution is 2.36. The summed E-state index contributed by atoms with van der Waals surface area (Å²) in [5, 5.41) is 7.74. The van der Waals surface area contributed by atoms with E-state index in [0.29, 0.717) is 22.1 Å². The fourth-order valence-electron chi connectivity index (χ4n) is 2.09. The first kappa shape index (κ1) is 11.1. The Kier molecular flexibility index (Phi) is 2.31. The Morgan fingerprint density at radius 1 is 1.33 bits per heavy atom. The topological polar surface area (TPSA) is 50.2 Å². The summed E-state index contributed by atoms with van der Waals surface area (Å²) in [5.74, 6) is 0.460. The van der Waals surface area contributed by atoms with Crippen molar-refractivity contribution in [3.63, 3.8) is 0 Å². The maximum absolute atomic E-state index is 12.1. The molecule has 0 bridgehead atoms. The minimum Gasteiger partial charge on any atom is -0.326 e. The number of amides is 1. The van der Waals surface area contributed by atoms with Gasteiger partial charge in [0.2, 0.25) is 0 Å². The smallest absolute Gasteiger partial charge is 0.261 e. The van der Waals surface area contributed by atoms with Gasteiger partial charge >= 0.3 is 0 Å². The normalized spacial score (nSPS) is 13.7. The van der Waals surface area contributed by atoms with Crippen LogP contribution in [0.5, 0.6) is 0 Å². The largest absolute Gasteiger partial charge is 0.326 e. The zero-order valence-corrected chi connectivity index (χ0v) is 10.7. The molecule has 0 atom stereocenters. The van der Waals surface area contributed by atoms with E-state index in [0.717, 1.165) is 5.69 Å². The molecule has 2 aromatic rings. The van der Waals surface area contributed by atoms with Gasteiger partial charge in [-0.25, -0.2) is 0 Å². The molecule has 0 aliphatic carbocycles. The van der Waals surface area contributed by atoms with Gasteiger partial charge in [-0.15, -0.1) is 0 Å². The summed E-state index contributed by atoms with van der Waals surface area (Å²) in [7, 11) is 3.66. The molecule has 1 aliphatic heterocycles. The molecule has 3 rings (SSSR count). The molecule has 2 heterocycles. The third-order valence-electron chi connectivity index (χ3n) is 2.94. The van der Waals surface area contributed by atoms with Gasteiger partial charge in [0.05, 0.1) is 11.4 Å². The molecule has 0 saturated heterocycles. The van der Waals surface area contributed by atoms with Crippen LogP contribution in [0.15, 0.2) is 24.4 Å². The number of hydrogen-bond acceptors (Lipinski definition) is 3. The fourth-order valence-corrected chi connectivity index (χ4v) is 2.26. The van der Waals surface area contributed by atoms with Crippen LogP contribution in [-0.2, 0) is 7.05 Å². The van der Waals surface area contributed by atoms with Crippen LogP contribution in [0.25, 0.3) is 0 Å². The summed E-state index contributed by atoms with van der Waals surface area (Å²) in [5.41, 5.74) is 2.10. The van der Waals surface area contributed by atoms with Crippen LogP contribution in [0, 0.1) is 0 Å². The molecule has 0 saturated carbocycles. The van der Waals surface area contributed by atoms with Gasteiger partial charge in [0.15, 0.2) is 5.82 Å². The zero-order chi connectivity index (χ0) is 12.9. The van der Waals surface area contributed by atoms with Crippen LogP contribution in [0.4, 0.5) is 17.2 Å². The number of benzene rings is 1. The van der Waals surface area contributed by atoms with Crippen molar-refractivity contribution < 1.29 is 4.79 Å². The van der Waals surface area contributed by atoms with Crippen molar-refractivity contribution in [2.75, 3.05) is 17.3 Å². The Labute approximate surface area is 109 Å². The van der Waals surface area contributed by atoms with E-state index in [2.05, 4.69) is 10.4 Å². The van der Waals surface area contributed by atoms with E-state index < -0.39 is 0 Å². The van der Waals surface area contributed by atoms with Gasteiger partial charge in [-0.2, -0.15) is 5.10 Å². The maximum atomic E-state index is 12.1. The van der Waals surface area contributed by atoms with Crippen molar-refractivity contribution >= 4 is 34.7 Å². The van der Waals surface area contributed by atoms with E-state index in [9.17, 15) is 4.79 Å². The molecule has 18 heavy (non-hydrogen) atoms. The molecule has 5 nitrogen and oxygen atoms in total. The number of aromatic nitrogens is 2. The van der Waals surface area contributed by atoms with Crippen molar-refractivity contribution in [1.82, 2.24) is 9.78 Å². The van der Waals surface area contributed by atoms with Crippen molar-refractivity contribution in [2.45, 2.75) is 0 Å². The molecule has 1 aromatic heterocycles. The SMILES string of the molecule is CN1c2ccc(Cl)cc2NC(=O)c2cn(C)nc21. The third kappa shape index (κ3) is 1.55. The van der Waals surface area contributed by atoms with Gasteiger partial charge in [0, 0.05) is 25.3 Å². The summed E-state index contributed by atoms with van der Waals surface area (Å²) in [6.07, 6.45) is 1.70. The summed E-state index contributed by atoms with van der Waals surface area (Å²) in [4.78, 5) is 14.0. The number of carbonyl (C=O) groups is 1. The number of rotatable bonds is 0. The Bertz CT molecular complexity index is 650. The summed E-state index contributed by atoms with van der Waals surface area (Å²) in [6.45, 7) is 0. The van der Waals surface area contributed by atoms with Crippen LogP contribution in [0.1, 0.15) is 10.4 Å². The van der Waals surface area contributed by atoms with E-state index in [1.807, 2.05) is 18.0 Å². The molecule has 0 fully saturated rings. The van der Waals surface area contributed by atoms with E-state index in [1.54, 1.807) is 30.1 Å². The van der Waals surface area contributed by atoms with E-state index >= 15 is 0 Å². The van der Waals surface area contributed by atoms with Crippen LogP contribution >= 0.6 is 11.6 Å². The standard InChI is InChI=1S/C12H11ClN4O/c1-16-6-8-11(15-16)17(2)10-4-3-7(13)5-9(10)14-12(8)18/h3-6H,1-2H3,(H,14,18). The summed E-state index contributed by atoms with van der Waals surface area (Å²) < 4.78 is 1.63. The van der Waals surface area contributed by atoms with Crippen molar-refractivity contribution in [2.24, 2.45) is 7.05 Å². The van der Waals surface area contributed by atoms with Gasteiger partial charge in [-0.05, 0) is 18.2 Å². The first-order valence-corrected chi connectivity index (χ1v) is 5.82. The molecule has 92 valence electrons. The molecule has 1 amide bonds. The number of halogens is 1.